The summed E-state index contributed by atoms with van der Waals surface area (Å²) in [5.41, 5.74) is 4.54. The predicted octanol–water partition coefficient (Wildman–Crippen LogP) is 4.85. The molecule has 0 radical (unpaired) electrons. The van der Waals surface area contributed by atoms with Crippen molar-refractivity contribution >= 4 is 23.2 Å². The van der Waals surface area contributed by atoms with Gasteiger partial charge in [0.15, 0.2) is 0 Å². The quantitative estimate of drug-likeness (QED) is 0.684. The van der Waals surface area contributed by atoms with Crippen molar-refractivity contribution in [1.82, 2.24) is 9.97 Å². The molecule has 0 bridgehead atoms. The molecule has 3 aromatic rings. The van der Waals surface area contributed by atoms with Crippen LogP contribution in [-0.4, -0.2) is 15.9 Å². The lowest BCUT2D eigenvalue weighted by atomic mass is 10.0. The van der Waals surface area contributed by atoms with Gasteiger partial charge < -0.3 is 5.32 Å². The van der Waals surface area contributed by atoms with E-state index in [9.17, 15) is 4.79 Å². The van der Waals surface area contributed by atoms with Crippen molar-refractivity contribution in [2.75, 3.05) is 5.32 Å². The fourth-order valence-electron chi connectivity index (χ4n) is 2.52. The highest BCUT2D eigenvalue weighted by molar-refractivity contribution is 6.29. The van der Waals surface area contributed by atoms with E-state index in [2.05, 4.69) is 15.3 Å². The zero-order valence-corrected chi connectivity index (χ0v) is 14.8. The summed E-state index contributed by atoms with van der Waals surface area (Å²) >= 11 is 5.89. The summed E-state index contributed by atoms with van der Waals surface area (Å²) in [4.78, 5) is 20.8. The van der Waals surface area contributed by atoms with Crippen LogP contribution in [0.3, 0.4) is 0 Å². The lowest BCUT2D eigenvalue weighted by Gasteiger charge is -2.12. The van der Waals surface area contributed by atoms with Gasteiger partial charge in [0.1, 0.15) is 5.15 Å². The van der Waals surface area contributed by atoms with E-state index in [4.69, 9.17) is 11.6 Å². The number of pyridine rings is 2. The Hall–Kier alpha value is -2.72. The van der Waals surface area contributed by atoms with Crippen molar-refractivity contribution < 1.29 is 4.79 Å². The summed E-state index contributed by atoms with van der Waals surface area (Å²) in [6.45, 7) is 3.77. The maximum atomic E-state index is 12.4. The zero-order valence-electron chi connectivity index (χ0n) is 14.0. The van der Waals surface area contributed by atoms with Gasteiger partial charge in [0.05, 0.1) is 11.6 Å². The van der Waals surface area contributed by atoms with Gasteiger partial charge in [0.2, 0.25) is 5.91 Å². The van der Waals surface area contributed by atoms with Gasteiger partial charge in [-0.3, -0.25) is 9.78 Å². The maximum absolute atomic E-state index is 12.4. The molecule has 126 valence electrons. The fraction of sp³-hybridized carbons (Fsp3) is 0.150. The van der Waals surface area contributed by atoms with Gasteiger partial charge in [-0.1, -0.05) is 29.8 Å². The molecule has 3 rings (SSSR count). The largest absolute Gasteiger partial charge is 0.326 e. The third-order valence-electron chi connectivity index (χ3n) is 3.96. The number of amides is 1. The van der Waals surface area contributed by atoms with Gasteiger partial charge in [-0.15, -0.1) is 0 Å². The second-order valence-corrected chi connectivity index (χ2v) is 6.25. The molecular formula is C20H18ClN3O. The van der Waals surface area contributed by atoms with Gasteiger partial charge >= 0.3 is 0 Å². The van der Waals surface area contributed by atoms with Crippen LogP contribution in [0.25, 0.3) is 11.1 Å². The number of aryl methyl sites for hydroxylation is 1. The Morgan fingerprint density at radius 2 is 1.84 bits per heavy atom. The highest BCUT2D eigenvalue weighted by Crippen LogP contribution is 2.23. The molecule has 0 aliphatic carbocycles. The standard InChI is InChI=1S/C20H18ClN3O/c1-13-12-16(10-11-22-13)15-6-8-17(9-7-15)23-20(25)14(2)18-4-3-5-19(21)24-18/h3-12,14H,1-2H3,(H,23,25). The summed E-state index contributed by atoms with van der Waals surface area (Å²) in [5.74, 6) is -0.511. The smallest absolute Gasteiger partial charge is 0.233 e. The number of carbonyl (C=O) groups is 1. The number of carbonyl (C=O) groups excluding carboxylic acids is 1. The van der Waals surface area contributed by atoms with Crippen LogP contribution in [0.15, 0.2) is 60.8 Å². The van der Waals surface area contributed by atoms with Crippen molar-refractivity contribution in [3.8, 4) is 11.1 Å². The normalized spacial score (nSPS) is 11.8. The van der Waals surface area contributed by atoms with E-state index in [0.717, 1.165) is 22.5 Å². The minimum absolute atomic E-state index is 0.123. The molecule has 1 unspecified atom stereocenters. The second-order valence-electron chi connectivity index (χ2n) is 5.86. The van der Waals surface area contributed by atoms with Crippen LogP contribution in [-0.2, 0) is 4.79 Å². The third-order valence-corrected chi connectivity index (χ3v) is 4.17. The van der Waals surface area contributed by atoms with Crippen LogP contribution in [0, 0.1) is 6.92 Å². The first-order valence-corrected chi connectivity index (χ1v) is 8.37. The van der Waals surface area contributed by atoms with E-state index in [0.29, 0.717) is 10.8 Å². The SMILES string of the molecule is Cc1cc(-c2ccc(NC(=O)C(C)c3cccc(Cl)n3)cc2)ccn1. The molecule has 1 aromatic carbocycles. The van der Waals surface area contributed by atoms with Crippen LogP contribution in [0.1, 0.15) is 24.2 Å². The van der Waals surface area contributed by atoms with Crippen molar-refractivity contribution in [1.29, 1.82) is 0 Å². The lowest BCUT2D eigenvalue weighted by Crippen LogP contribution is -2.19. The van der Waals surface area contributed by atoms with Crippen LogP contribution >= 0.6 is 11.6 Å². The Balaban J connectivity index is 1.72. The molecule has 0 aliphatic rings. The third kappa shape index (κ3) is 4.22. The number of hydrogen-bond acceptors (Lipinski definition) is 3. The summed E-state index contributed by atoms with van der Waals surface area (Å²) in [6.07, 6.45) is 1.79. The molecule has 2 heterocycles. The van der Waals surface area contributed by atoms with Crippen molar-refractivity contribution in [3.05, 3.63) is 77.3 Å². The predicted molar refractivity (Wildman–Crippen MR) is 101 cm³/mol. The highest BCUT2D eigenvalue weighted by atomic mass is 35.5. The molecule has 2 aromatic heterocycles. The number of halogens is 1. The average molecular weight is 352 g/mol. The number of nitrogens with zero attached hydrogens (tertiary/aromatic N) is 2. The van der Waals surface area contributed by atoms with Crippen molar-refractivity contribution in [2.45, 2.75) is 19.8 Å². The number of hydrogen-bond donors (Lipinski definition) is 1. The Labute approximate surface area is 151 Å². The molecule has 0 spiro atoms. The summed E-state index contributed by atoms with van der Waals surface area (Å²) in [7, 11) is 0. The first-order chi connectivity index (χ1) is 12.0. The monoisotopic (exact) mass is 351 g/mol. The summed E-state index contributed by atoms with van der Waals surface area (Å²) < 4.78 is 0. The Morgan fingerprint density at radius 3 is 2.52 bits per heavy atom. The number of nitrogens with one attached hydrogen (secondary N) is 1. The molecule has 1 amide bonds. The van der Waals surface area contributed by atoms with Crippen LogP contribution in [0.5, 0.6) is 0 Å². The molecule has 1 N–H and O–H groups in total. The summed E-state index contributed by atoms with van der Waals surface area (Å²) in [6, 6.07) is 17.0. The van der Waals surface area contributed by atoms with E-state index < -0.39 is 0 Å². The molecule has 0 saturated carbocycles. The molecular weight excluding hydrogens is 334 g/mol. The average Bonchev–Trinajstić information content (AvgIpc) is 2.61. The van der Waals surface area contributed by atoms with E-state index in [-0.39, 0.29) is 11.8 Å². The molecule has 1 atom stereocenters. The van der Waals surface area contributed by atoms with E-state index in [1.807, 2.05) is 50.2 Å². The first kappa shape index (κ1) is 17.1. The van der Waals surface area contributed by atoms with Crippen molar-refractivity contribution in [3.63, 3.8) is 0 Å². The Morgan fingerprint density at radius 1 is 1.08 bits per heavy atom. The molecule has 25 heavy (non-hydrogen) atoms. The lowest BCUT2D eigenvalue weighted by molar-refractivity contribution is -0.117. The van der Waals surface area contributed by atoms with E-state index in [1.54, 1.807) is 24.4 Å². The van der Waals surface area contributed by atoms with Gasteiger partial charge in [0.25, 0.3) is 0 Å². The van der Waals surface area contributed by atoms with E-state index in [1.165, 1.54) is 0 Å². The molecule has 0 aliphatic heterocycles. The van der Waals surface area contributed by atoms with Crippen LogP contribution in [0.2, 0.25) is 5.15 Å². The molecule has 4 nitrogen and oxygen atoms in total. The number of rotatable bonds is 4. The minimum atomic E-state index is -0.388. The second kappa shape index (κ2) is 7.45. The van der Waals surface area contributed by atoms with Crippen LogP contribution in [0.4, 0.5) is 5.69 Å². The minimum Gasteiger partial charge on any atom is -0.326 e. The van der Waals surface area contributed by atoms with Crippen LogP contribution < -0.4 is 5.32 Å². The Kier molecular flexibility index (Phi) is 5.10. The number of benzene rings is 1. The molecule has 0 saturated heterocycles. The first-order valence-electron chi connectivity index (χ1n) is 7.99. The number of anilines is 1. The van der Waals surface area contributed by atoms with Crippen molar-refractivity contribution in [2.24, 2.45) is 0 Å². The van der Waals surface area contributed by atoms with Gasteiger partial charge in [0, 0.05) is 17.6 Å². The molecule has 5 heteroatoms. The fourth-order valence-corrected chi connectivity index (χ4v) is 2.69. The number of aromatic nitrogens is 2. The topological polar surface area (TPSA) is 54.9 Å². The Bertz CT molecular complexity index is 893. The van der Waals surface area contributed by atoms with E-state index >= 15 is 0 Å². The molecule has 0 fully saturated rings. The maximum Gasteiger partial charge on any atom is 0.233 e. The summed E-state index contributed by atoms with van der Waals surface area (Å²) in [5, 5.41) is 3.30. The van der Waals surface area contributed by atoms with Gasteiger partial charge in [-0.25, -0.2) is 4.98 Å². The van der Waals surface area contributed by atoms with Gasteiger partial charge in [-0.2, -0.15) is 0 Å². The zero-order chi connectivity index (χ0) is 17.8. The highest BCUT2D eigenvalue weighted by Gasteiger charge is 2.17. The van der Waals surface area contributed by atoms with Gasteiger partial charge in [-0.05, 0) is 61.4 Å².